The Morgan fingerprint density at radius 3 is 2.47 bits per heavy atom. The van der Waals surface area contributed by atoms with Crippen molar-refractivity contribution in [1.82, 2.24) is 0 Å². The summed E-state index contributed by atoms with van der Waals surface area (Å²) < 4.78 is 12.9. The van der Waals surface area contributed by atoms with E-state index in [1.165, 1.54) is 18.4 Å². The molecule has 2 N–H and O–H groups in total. The number of benzene rings is 1. The molecule has 15 heavy (non-hydrogen) atoms. The fourth-order valence-electron chi connectivity index (χ4n) is 2.57. The normalized spacial score (nSPS) is 26.5. The van der Waals surface area contributed by atoms with Crippen molar-refractivity contribution in [3.8, 4) is 0 Å². The zero-order chi connectivity index (χ0) is 10.7. The van der Waals surface area contributed by atoms with Crippen molar-refractivity contribution in [2.75, 3.05) is 12.4 Å². The molecule has 1 saturated carbocycles. The first-order valence-electron chi connectivity index (χ1n) is 5.72. The van der Waals surface area contributed by atoms with Crippen LogP contribution >= 0.6 is 0 Å². The number of nitrogens with two attached hydrogens (primary N) is 1. The molecule has 0 radical (unpaired) electrons. The second-order valence-corrected chi connectivity index (χ2v) is 4.47. The van der Waals surface area contributed by atoms with Crippen molar-refractivity contribution in [3.05, 3.63) is 29.8 Å². The molecule has 0 saturated heterocycles. The van der Waals surface area contributed by atoms with E-state index in [2.05, 4.69) is 0 Å². The number of alkyl halides is 1. The van der Waals surface area contributed by atoms with Gasteiger partial charge in [-0.05, 0) is 42.4 Å². The van der Waals surface area contributed by atoms with Gasteiger partial charge in [0.05, 0.1) is 6.67 Å². The summed E-state index contributed by atoms with van der Waals surface area (Å²) in [5.41, 5.74) is 7.69. The predicted octanol–water partition coefficient (Wildman–Crippen LogP) is 3.51. The second-order valence-electron chi connectivity index (χ2n) is 4.47. The number of nitrogen functional groups attached to an aromatic ring is 1. The van der Waals surface area contributed by atoms with Crippen LogP contribution < -0.4 is 5.73 Å². The summed E-state index contributed by atoms with van der Waals surface area (Å²) in [6.07, 6.45) is 4.57. The van der Waals surface area contributed by atoms with Gasteiger partial charge in [-0.2, -0.15) is 0 Å². The number of hydrogen-bond acceptors (Lipinski definition) is 1. The maximum absolute atomic E-state index is 12.9. The van der Waals surface area contributed by atoms with Gasteiger partial charge in [-0.1, -0.05) is 25.0 Å². The van der Waals surface area contributed by atoms with E-state index in [4.69, 9.17) is 5.73 Å². The molecule has 1 aromatic carbocycles. The molecule has 2 heteroatoms. The lowest BCUT2D eigenvalue weighted by atomic mass is 9.76. The Bertz CT molecular complexity index is 307. The Kier molecular flexibility index (Phi) is 3.24. The fraction of sp³-hybridized carbons (Fsp3) is 0.538. The van der Waals surface area contributed by atoms with Crippen LogP contribution in [0, 0.1) is 5.92 Å². The van der Waals surface area contributed by atoms with Crippen LogP contribution in [0.5, 0.6) is 0 Å². The van der Waals surface area contributed by atoms with E-state index in [9.17, 15) is 4.39 Å². The molecule has 1 fully saturated rings. The Balaban J connectivity index is 2.16. The highest BCUT2D eigenvalue weighted by molar-refractivity contribution is 5.40. The van der Waals surface area contributed by atoms with Crippen molar-refractivity contribution in [1.29, 1.82) is 0 Å². The van der Waals surface area contributed by atoms with Crippen LogP contribution in [-0.2, 0) is 0 Å². The van der Waals surface area contributed by atoms with Crippen LogP contribution in [0.4, 0.5) is 10.1 Å². The van der Waals surface area contributed by atoms with E-state index in [0.717, 1.165) is 18.5 Å². The summed E-state index contributed by atoms with van der Waals surface area (Å²) in [4.78, 5) is 0. The molecular weight excluding hydrogens is 189 g/mol. The minimum atomic E-state index is -0.185. The van der Waals surface area contributed by atoms with Gasteiger partial charge < -0.3 is 5.73 Å². The minimum absolute atomic E-state index is 0.185. The quantitative estimate of drug-likeness (QED) is 0.738. The molecule has 0 bridgehead atoms. The second kappa shape index (κ2) is 4.65. The first kappa shape index (κ1) is 10.5. The molecule has 2 rings (SSSR count). The van der Waals surface area contributed by atoms with E-state index >= 15 is 0 Å². The molecule has 1 nitrogen and oxygen atoms in total. The van der Waals surface area contributed by atoms with Crippen molar-refractivity contribution in [2.24, 2.45) is 5.92 Å². The Labute approximate surface area is 90.5 Å². The first-order valence-corrected chi connectivity index (χ1v) is 5.72. The molecule has 1 aliphatic rings. The maximum atomic E-state index is 12.9. The zero-order valence-corrected chi connectivity index (χ0v) is 8.95. The van der Waals surface area contributed by atoms with Gasteiger partial charge in [0, 0.05) is 5.69 Å². The fourth-order valence-corrected chi connectivity index (χ4v) is 2.57. The lowest BCUT2D eigenvalue weighted by Crippen LogP contribution is -2.19. The maximum Gasteiger partial charge on any atom is 0.0928 e. The van der Waals surface area contributed by atoms with Crippen LogP contribution in [-0.4, -0.2) is 6.67 Å². The van der Waals surface area contributed by atoms with E-state index in [-0.39, 0.29) is 12.6 Å². The molecular formula is C13H18FN. The minimum Gasteiger partial charge on any atom is -0.399 e. The summed E-state index contributed by atoms with van der Waals surface area (Å²) in [6, 6.07) is 7.93. The largest absolute Gasteiger partial charge is 0.399 e. The summed E-state index contributed by atoms with van der Waals surface area (Å²) in [5.74, 6) is 0.631. The molecule has 0 aromatic heterocycles. The van der Waals surface area contributed by atoms with Crippen LogP contribution in [0.25, 0.3) is 0 Å². The van der Waals surface area contributed by atoms with Gasteiger partial charge in [0.25, 0.3) is 0 Å². The lowest BCUT2D eigenvalue weighted by molar-refractivity contribution is 0.245. The van der Waals surface area contributed by atoms with Gasteiger partial charge in [-0.25, -0.2) is 0 Å². The molecule has 0 amide bonds. The molecule has 2 unspecified atom stereocenters. The third kappa shape index (κ3) is 2.31. The SMILES string of the molecule is Nc1ccc(C2CCCCC2CF)cc1. The van der Waals surface area contributed by atoms with Crippen LogP contribution in [0.2, 0.25) is 0 Å². The Hall–Kier alpha value is -1.05. The monoisotopic (exact) mass is 207 g/mol. The third-order valence-electron chi connectivity index (χ3n) is 3.47. The highest BCUT2D eigenvalue weighted by Crippen LogP contribution is 2.38. The van der Waals surface area contributed by atoms with E-state index in [1.54, 1.807) is 0 Å². The predicted molar refractivity (Wildman–Crippen MR) is 61.5 cm³/mol. The Morgan fingerprint density at radius 2 is 1.80 bits per heavy atom. The molecule has 0 heterocycles. The van der Waals surface area contributed by atoms with Crippen molar-refractivity contribution < 1.29 is 4.39 Å². The highest BCUT2D eigenvalue weighted by Gasteiger charge is 2.26. The third-order valence-corrected chi connectivity index (χ3v) is 3.47. The highest BCUT2D eigenvalue weighted by atomic mass is 19.1. The number of halogens is 1. The van der Waals surface area contributed by atoms with Crippen molar-refractivity contribution in [3.63, 3.8) is 0 Å². The van der Waals surface area contributed by atoms with Crippen molar-refractivity contribution >= 4 is 5.69 Å². The number of hydrogen-bond donors (Lipinski definition) is 1. The van der Waals surface area contributed by atoms with Crippen LogP contribution in [0.1, 0.15) is 37.2 Å². The molecule has 1 aliphatic carbocycles. The van der Waals surface area contributed by atoms with Crippen LogP contribution in [0.3, 0.4) is 0 Å². The molecule has 82 valence electrons. The van der Waals surface area contributed by atoms with Gasteiger partial charge in [0.2, 0.25) is 0 Å². The molecule has 0 spiro atoms. The zero-order valence-electron chi connectivity index (χ0n) is 8.95. The Morgan fingerprint density at radius 1 is 1.13 bits per heavy atom. The average molecular weight is 207 g/mol. The van der Waals surface area contributed by atoms with Crippen molar-refractivity contribution in [2.45, 2.75) is 31.6 Å². The summed E-state index contributed by atoms with van der Waals surface area (Å²) in [6.45, 7) is -0.185. The smallest absolute Gasteiger partial charge is 0.0928 e. The van der Waals surface area contributed by atoms with Gasteiger partial charge >= 0.3 is 0 Å². The number of rotatable bonds is 2. The summed E-state index contributed by atoms with van der Waals surface area (Å²) in [5, 5.41) is 0. The molecule has 1 aromatic rings. The van der Waals surface area contributed by atoms with Crippen LogP contribution in [0.15, 0.2) is 24.3 Å². The average Bonchev–Trinajstić information content (AvgIpc) is 2.30. The standard InChI is InChI=1S/C13H18FN/c14-9-11-3-1-2-4-13(11)10-5-7-12(15)8-6-10/h5-8,11,13H,1-4,9,15H2. The number of anilines is 1. The van der Waals surface area contributed by atoms with E-state index in [0.29, 0.717) is 5.92 Å². The molecule has 2 atom stereocenters. The first-order chi connectivity index (χ1) is 7.31. The van der Waals surface area contributed by atoms with E-state index in [1.807, 2.05) is 24.3 Å². The lowest BCUT2D eigenvalue weighted by Gasteiger charge is -2.30. The molecule has 0 aliphatic heterocycles. The van der Waals surface area contributed by atoms with E-state index < -0.39 is 0 Å². The van der Waals surface area contributed by atoms with Gasteiger partial charge in [0.1, 0.15) is 0 Å². The topological polar surface area (TPSA) is 26.0 Å². The van der Waals surface area contributed by atoms with Gasteiger partial charge in [0.15, 0.2) is 0 Å². The van der Waals surface area contributed by atoms with Gasteiger partial charge in [-0.15, -0.1) is 0 Å². The van der Waals surface area contributed by atoms with Gasteiger partial charge in [-0.3, -0.25) is 4.39 Å². The summed E-state index contributed by atoms with van der Waals surface area (Å²) >= 11 is 0. The summed E-state index contributed by atoms with van der Waals surface area (Å²) in [7, 11) is 0.